The van der Waals surface area contributed by atoms with Gasteiger partial charge in [-0.1, -0.05) is 60.7 Å². The van der Waals surface area contributed by atoms with Crippen LogP contribution in [-0.4, -0.2) is 55.0 Å². The first-order valence-electron chi connectivity index (χ1n) is 9.52. The number of nitrogens with zero attached hydrogens (tertiary/aromatic N) is 1. The summed E-state index contributed by atoms with van der Waals surface area (Å²) in [4.78, 5) is 26.8. The molecule has 2 aromatic carbocycles. The van der Waals surface area contributed by atoms with Gasteiger partial charge in [0, 0.05) is 6.54 Å². The summed E-state index contributed by atoms with van der Waals surface area (Å²) in [6.45, 7) is 1.01. The van der Waals surface area contributed by atoms with E-state index in [9.17, 15) is 9.59 Å². The van der Waals surface area contributed by atoms with Gasteiger partial charge in [0.1, 0.15) is 6.04 Å². The Labute approximate surface area is 169 Å². The van der Waals surface area contributed by atoms with Crippen LogP contribution in [0.1, 0.15) is 11.1 Å². The molecule has 0 N–H and O–H groups in total. The summed E-state index contributed by atoms with van der Waals surface area (Å²) < 4.78 is 22.1. The Morgan fingerprint density at radius 1 is 1.00 bits per heavy atom. The third kappa shape index (κ3) is 4.17. The van der Waals surface area contributed by atoms with Gasteiger partial charge in [0.05, 0.1) is 20.3 Å². The number of benzene rings is 2. The molecule has 29 heavy (non-hydrogen) atoms. The average Bonchev–Trinajstić information content (AvgIpc) is 3.17. The minimum atomic E-state index is -1.06. The molecule has 0 radical (unpaired) electrons. The van der Waals surface area contributed by atoms with E-state index in [0.717, 1.165) is 11.1 Å². The molecule has 2 fully saturated rings. The maximum absolute atomic E-state index is 13.1. The van der Waals surface area contributed by atoms with Crippen LogP contribution in [0.5, 0.6) is 0 Å². The molecule has 2 bridgehead atoms. The fourth-order valence-electron chi connectivity index (χ4n) is 3.62. The number of carbonyl (C=O) groups excluding carboxylic acids is 2. The summed E-state index contributed by atoms with van der Waals surface area (Å²) >= 11 is 0. The Morgan fingerprint density at radius 2 is 1.66 bits per heavy atom. The normalized spacial score (nSPS) is 25.8. The van der Waals surface area contributed by atoms with Crippen molar-refractivity contribution in [3.05, 3.63) is 71.8 Å². The molecule has 0 aromatic heterocycles. The zero-order chi connectivity index (χ0) is 20.2. The molecular formula is C22H23NO6. The lowest BCUT2D eigenvalue weighted by atomic mass is 10.1. The number of hydrogen-bond donors (Lipinski definition) is 0. The van der Waals surface area contributed by atoms with E-state index < -0.39 is 30.5 Å². The predicted molar refractivity (Wildman–Crippen MR) is 102 cm³/mol. The lowest BCUT2D eigenvalue weighted by Gasteiger charge is -2.38. The molecule has 1 amide bonds. The van der Waals surface area contributed by atoms with Crippen LogP contribution in [0.2, 0.25) is 0 Å². The molecular weight excluding hydrogens is 374 g/mol. The van der Waals surface area contributed by atoms with Crippen molar-refractivity contribution in [2.75, 3.05) is 13.7 Å². The number of ether oxygens (including phenoxy) is 4. The highest BCUT2D eigenvalue weighted by molar-refractivity contribution is 5.90. The fourth-order valence-corrected chi connectivity index (χ4v) is 3.62. The van der Waals surface area contributed by atoms with Crippen molar-refractivity contribution >= 4 is 11.9 Å². The van der Waals surface area contributed by atoms with Crippen molar-refractivity contribution in [3.63, 3.8) is 0 Å². The Morgan fingerprint density at radius 3 is 2.31 bits per heavy atom. The van der Waals surface area contributed by atoms with Crippen LogP contribution in [0.3, 0.4) is 0 Å². The standard InChI is InChI=1S/C22H23NO6/c1-26-21(25)19-18-20(24)23(12-15-8-4-2-5-9-15)17(22(28-18)29-19)14-27-13-16-10-6-3-7-11-16/h2-11,17-19,22H,12-14H2,1H3/t17-,18-,19-,22+/m0/s1. The number of carbonyl (C=O) groups is 2. The van der Waals surface area contributed by atoms with Crippen molar-refractivity contribution in [2.45, 2.75) is 37.7 Å². The van der Waals surface area contributed by atoms with Gasteiger partial charge >= 0.3 is 5.97 Å². The van der Waals surface area contributed by atoms with Gasteiger partial charge in [0.2, 0.25) is 0 Å². The highest BCUT2D eigenvalue weighted by Crippen LogP contribution is 2.33. The first-order chi connectivity index (χ1) is 14.2. The highest BCUT2D eigenvalue weighted by atomic mass is 16.8. The van der Waals surface area contributed by atoms with Crippen LogP contribution in [-0.2, 0) is 41.7 Å². The maximum Gasteiger partial charge on any atom is 0.338 e. The second kappa shape index (κ2) is 8.73. The summed E-state index contributed by atoms with van der Waals surface area (Å²) in [5.41, 5.74) is 2.01. The zero-order valence-electron chi connectivity index (χ0n) is 16.1. The number of esters is 1. The lowest BCUT2D eigenvalue weighted by Crippen LogP contribution is -2.57. The SMILES string of the molecule is COC(=O)[C@H]1O[C@H]2O[C@@H]1C(=O)N(Cc1ccccc1)[C@H]2COCc1ccccc1. The number of hydrogen-bond acceptors (Lipinski definition) is 6. The first-order valence-corrected chi connectivity index (χ1v) is 9.52. The molecule has 0 aliphatic carbocycles. The van der Waals surface area contributed by atoms with Crippen molar-refractivity contribution in [1.29, 1.82) is 0 Å². The van der Waals surface area contributed by atoms with Crippen LogP contribution in [0.25, 0.3) is 0 Å². The maximum atomic E-state index is 13.1. The summed E-state index contributed by atoms with van der Waals surface area (Å²) in [5, 5.41) is 0. The molecule has 2 heterocycles. The van der Waals surface area contributed by atoms with Crippen LogP contribution in [0, 0.1) is 0 Å². The van der Waals surface area contributed by atoms with Crippen molar-refractivity contribution in [2.24, 2.45) is 0 Å². The Kier molecular flexibility index (Phi) is 5.89. The van der Waals surface area contributed by atoms with Gasteiger partial charge in [-0.15, -0.1) is 0 Å². The molecule has 7 nitrogen and oxygen atoms in total. The summed E-state index contributed by atoms with van der Waals surface area (Å²) in [7, 11) is 1.26. The molecule has 7 heteroatoms. The zero-order valence-corrected chi connectivity index (χ0v) is 16.1. The average molecular weight is 397 g/mol. The topological polar surface area (TPSA) is 74.3 Å². The molecule has 0 unspecified atom stereocenters. The third-order valence-corrected chi connectivity index (χ3v) is 5.11. The van der Waals surface area contributed by atoms with E-state index in [2.05, 4.69) is 0 Å². The predicted octanol–water partition coefficient (Wildman–Crippen LogP) is 1.90. The molecule has 2 aliphatic heterocycles. The van der Waals surface area contributed by atoms with E-state index in [0.29, 0.717) is 13.2 Å². The van der Waals surface area contributed by atoms with Crippen LogP contribution < -0.4 is 0 Å². The van der Waals surface area contributed by atoms with Crippen molar-refractivity contribution in [1.82, 2.24) is 4.90 Å². The van der Waals surface area contributed by atoms with Crippen LogP contribution in [0.15, 0.2) is 60.7 Å². The van der Waals surface area contributed by atoms with E-state index >= 15 is 0 Å². The number of fused-ring (bicyclic) bond motifs is 2. The van der Waals surface area contributed by atoms with Gasteiger partial charge in [-0.25, -0.2) is 4.79 Å². The quantitative estimate of drug-likeness (QED) is 0.665. The Hall–Kier alpha value is -2.74. The molecule has 4 rings (SSSR count). The molecule has 2 aliphatic rings. The first kappa shape index (κ1) is 19.6. The van der Waals surface area contributed by atoms with E-state index in [1.807, 2.05) is 60.7 Å². The largest absolute Gasteiger partial charge is 0.467 e. The van der Waals surface area contributed by atoms with E-state index in [1.54, 1.807) is 4.90 Å². The third-order valence-electron chi connectivity index (χ3n) is 5.11. The van der Waals surface area contributed by atoms with Gasteiger partial charge in [0.15, 0.2) is 18.5 Å². The smallest absolute Gasteiger partial charge is 0.338 e. The number of morpholine rings is 1. The number of methoxy groups -OCH3 is 1. The van der Waals surface area contributed by atoms with E-state index in [-0.39, 0.29) is 12.5 Å². The van der Waals surface area contributed by atoms with Gasteiger partial charge in [-0.2, -0.15) is 0 Å². The van der Waals surface area contributed by atoms with Crippen molar-refractivity contribution < 1.29 is 28.5 Å². The fraction of sp³-hybridized carbons (Fsp3) is 0.364. The monoisotopic (exact) mass is 397 g/mol. The minimum Gasteiger partial charge on any atom is -0.467 e. The lowest BCUT2D eigenvalue weighted by molar-refractivity contribution is -0.185. The molecule has 2 aromatic rings. The van der Waals surface area contributed by atoms with Crippen LogP contribution in [0.4, 0.5) is 0 Å². The number of rotatable bonds is 7. The number of amides is 1. The molecule has 0 spiro atoms. The second-order valence-electron chi connectivity index (χ2n) is 7.02. The molecule has 2 saturated heterocycles. The van der Waals surface area contributed by atoms with Gasteiger partial charge in [-0.3, -0.25) is 4.79 Å². The van der Waals surface area contributed by atoms with E-state index in [1.165, 1.54) is 7.11 Å². The van der Waals surface area contributed by atoms with Gasteiger partial charge < -0.3 is 23.8 Å². The summed E-state index contributed by atoms with van der Waals surface area (Å²) in [6, 6.07) is 19.0. The van der Waals surface area contributed by atoms with Gasteiger partial charge in [0.25, 0.3) is 5.91 Å². The highest BCUT2D eigenvalue weighted by Gasteiger charge is 2.56. The molecule has 4 atom stereocenters. The summed E-state index contributed by atoms with van der Waals surface area (Å²) in [6.07, 6.45) is -2.81. The Bertz CT molecular complexity index is 843. The Balaban J connectivity index is 1.52. The molecule has 152 valence electrons. The van der Waals surface area contributed by atoms with Crippen LogP contribution >= 0.6 is 0 Å². The van der Waals surface area contributed by atoms with Crippen molar-refractivity contribution in [3.8, 4) is 0 Å². The minimum absolute atomic E-state index is 0.221. The van der Waals surface area contributed by atoms with Gasteiger partial charge in [-0.05, 0) is 11.1 Å². The molecule has 0 saturated carbocycles. The second-order valence-corrected chi connectivity index (χ2v) is 7.02. The summed E-state index contributed by atoms with van der Waals surface area (Å²) in [5.74, 6) is -0.914. The van der Waals surface area contributed by atoms with E-state index in [4.69, 9.17) is 18.9 Å².